The summed E-state index contributed by atoms with van der Waals surface area (Å²) >= 11 is 0. The Morgan fingerprint density at radius 3 is 1.81 bits per heavy atom. The van der Waals surface area contributed by atoms with Crippen molar-refractivity contribution in [3.63, 3.8) is 0 Å². The van der Waals surface area contributed by atoms with Gasteiger partial charge in [0.25, 0.3) is 0 Å². The van der Waals surface area contributed by atoms with Crippen LogP contribution in [0.1, 0.15) is 20.8 Å². The highest BCUT2D eigenvalue weighted by molar-refractivity contribution is 5.28. The Kier molecular flexibility index (Phi) is 3.45. The zero-order chi connectivity index (χ0) is 12.5. The summed E-state index contributed by atoms with van der Waals surface area (Å²) in [4.78, 5) is 0. The van der Waals surface area contributed by atoms with Crippen LogP contribution >= 0.6 is 0 Å². The van der Waals surface area contributed by atoms with Gasteiger partial charge in [-0.15, -0.1) is 0 Å². The van der Waals surface area contributed by atoms with Gasteiger partial charge < -0.3 is 4.74 Å². The average molecular weight is 236 g/mol. The van der Waals surface area contributed by atoms with E-state index in [1.165, 1.54) is 0 Å². The molecule has 5 heteroatoms. The van der Waals surface area contributed by atoms with Crippen LogP contribution < -0.4 is 4.74 Å². The van der Waals surface area contributed by atoms with E-state index in [4.69, 9.17) is 4.74 Å². The van der Waals surface area contributed by atoms with Crippen molar-refractivity contribution < 1.29 is 22.3 Å². The normalized spacial score (nSPS) is 11.7. The molecule has 0 aromatic heterocycles. The van der Waals surface area contributed by atoms with Gasteiger partial charge >= 0.3 is 0 Å². The van der Waals surface area contributed by atoms with Crippen molar-refractivity contribution in [2.75, 3.05) is 6.61 Å². The van der Waals surface area contributed by atoms with Gasteiger partial charge in [-0.2, -0.15) is 8.78 Å². The van der Waals surface area contributed by atoms with E-state index in [2.05, 4.69) is 0 Å². The quantitative estimate of drug-likeness (QED) is 0.562. The third kappa shape index (κ3) is 2.87. The molecular formula is C11H12F4O. The Labute approximate surface area is 91.0 Å². The molecule has 0 spiro atoms. The lowest BCUT2D eigenvalue weighted by Gasteiger charge is -2.19. The maximum atomic E-state index is 13.1. The lowest BCUT2D eigenvalue weighted by molar-refractivity contribution is 0.179. The minimum atomic E-state index is -1.51. The van der Waals surface area contributed by atoms with Crippen LogP contribution in [0.5, 0.6) is 5.75 Å². The van der Waals surface area contributed by atoms with Crippen LogP contribution in [0.3, 0.4) is 0 Å². The van der Waals surface area contributed by atoms with Gasteiger partial charge in [-0.25, -0.2) is 8.78 Å². The fourth-order valence-corrected chi connectivity index (χ4v) is 0.967. The van der Waals surface area contributed by atoms with Crippen LogP contribution in [0.15, 0.2) is 6.07 Å². The number of hydrogen-bond donors (Lipinski definition) is 0. The van der Waals surface area contributed by atoms with E-state index >= 15 is 0 Å². The molecular weight excluding hydrogens is 224 g/mol. The third-order valence-electron chi connectivity index (χ3n) is 1.72. The predicted octanol–water partition coefficient (Wildman–Crippen LogP) is 3.67. The van der Waals surface area contributed by atoms with Crippen molar-refractivity contribution in [3.8, 4) is 5.75 Å². The maximum Gasteiger partial charge on any atom is 0.203 e. The van der Waals surface area contributed by atoms with Crippen LogP contribution in [0, 0.1) is 28.7 Å². The zero-order valence-electron chi connectivity index (χ0n) is 9.20. The van der Waals surface area contributed by atoms with E-state index in [-0.39, 0.29) is 18.1 Å². The summed E-state index contributed by atoms with van der Waals surface area (Å²) in [5, 5.41) is 0. The number of benzene rings is 1. The molecule has 1 aromatic carbocycles. The number of rotatable bonds is 2. The standard InChI is InChI=1S/C11H12F4O/c1-11(2,3)5-16-10-8(14)6(12)4-7(13)9(10)15/h4H,5H2,1-3H3. The highest BCUT2D eigenvalue weighted by Gasteiger charge is 2.22. The van der Waals surface area contributed by atoms with E-state index in [1.807, 2.05) is 0 Å². The van der Waals surface area contributed by atoms with E-state index in [9.17, 15) is 17.6 Å². The van der Waals surface area contributed by atoms with Crippen molar-refractivity contribution in [2.45, 2.75) is 20.8 Å². The average Bonchev–Trinajstić information content (AvgIpc) is 2.13. The van der Waals surface area contributed by atoms with Gasteiger partial charge in [-0.05, 0) is 5.41 Å². The van der Waals surface area contributed by atoms with Crippen molar-refractivity contribution >= 4 is 0 Å². The molecule has 0 amide bonds. The molecule has 90 valence electrons. The van der Waals surface area contributed by atoms with Crippen molar-refractivity contribution in [1.29, 1.82) is 0 Å². The topological polar surface area (TPSA) is 9.23 Å². The molecule has 1 rings (SSSR count). The SMILES string of the molecule is CC(C)(C)COc1c(F)c(F)cc(F)c1F. The van der Waals surface area contributed by atoms with Gasteiger partial charge in [0.05, 0.1) is 6.61 Å². The molecule has 0 saturated heterocycles. The molecule has 0 N–H and O–H groups in total. The fraction of sp³-hybridized carbons (Fsp3) is 0.455. The van der Waals surface area contributed by atoms with Gasteiger partial charge in [0.2, 0.25) is 11.6 Å². The van der Waals surface area contributed by atoms with Gasteiger partial charge in [0.15, 0.2) is 17.4 Å². The number of halogens is 4. The second-order valence-corrected chi connectivity index (χ2v) is 4.65. The lowest BCUT2D eigenvalue weighted by Crippen LogP contribution is -2.18. The molecule has 1 aromatic rings. The highest BCUT2D eigenvalue weighted by atomic mass is 19.2. The summed E-state index contributed by atoms with van der Waals surface area (Å²) in [5.74, 6) is -6.97. The molecule has 0 heterocycles. The first-order valence-corrected chi connectivity index (χ1v) is 4.68. The number of hydrogen-bond acceptors (Lipinski definition) is 1. The molecule has 0 aliphatic rings. The first-order valence-electron chi connectivity index (χ1n) is 4.68. The van der Waals surface area contributed by atoms with Crippen LogP contribution in [0.2, 0.25) is 0 Å². The molecule has 0 radical (unpaired) electrons. The second kappa shape index (κ2) is 4.31. The van der Waals surface area contributed by atoms with Gasteiger partial charge in [-0.1, -0.05) is 20.8 Å². The van der Waals surface area contributed by atoms with E-state index in [1.54, 1.807) is 20.8 Å². The second-order valence-electron chi connectivity index (χ2n) is 4.65. The summed E-state index contributed by atoms with van der Waals surface area (Å²) in [5.41, 5.74) is -0.373. The lowest BCUT2D eigenvalue weighted by atomic mass is 9.99. The van der Waals surface area contributed by atoms with Gasteiger partial charge in [0.1, 0.15) is 0 Å². The predicted molar refractivity (Wildman–Crippen MR) is 51.2 cm³/mol. The van der Waals surface area contributed by atoms with E-state index in [0.29, 0.717) is 0 Å². The third-order valence-corrected chi connectivity index (χ3v) is 1.72. The summed E-state index contributed by atoms with van der Waals surface area (Å²) in [6, 6.07) is 0.147. The summed E-state index contributed by atoms with van der Waals surface area (Å²) in [7, 11) is 0. The molecule has 16 heavy (non-hydrogen) atoms. The van der Waals surface area contributed by atoms with Crippen LogP contribution in [0.25, 0.3) is 0 Å². The molecule has 1 nitrogen and oxygen atoms in total. The Balaban J connectivity index is 3.04. The van der Waals surface area contributed by atoms with E-state index in [0.717, 1.165) is 0 Å². The first kappa shape index (κ1) is 12.8. The van der Waals surface area contributed by atoms with Crippen LogP contribution in [0.4, 0.5) is 17.6 Å². The summed E-state index contributed by atoms with van der Waals surface area (Å²) in [6.07, 6.45) is 0. The first-order chi connectivity index (χ1) is 7.22. The molecule has 0 atom stereocenters. The highest BCUT2D eigenvalue weighted by Crippen LogP contribution is 2.28. The molecule has 0 aliphatic carbocycles. The van der Waals surface area contributed by atoms with Gasteiger partial charge in [-0.3, -0.25) is 0 Å². The Morgan fingerprint density at radius 2 is 1.44 bits per heavy atom. The van der Waals surface area contributed by atoms with E-state index < -0.39 is 29.0 Å². The molecule has 0 fully saturated rings. The molecule has 0 bridgehead atoms. The molecule has 0 saturated carbocycles. The maximum absolute atomic E-state index is 13.1. The Morgan fingerprint density at radius 1 is 1.00 bits per heavy atom. The van der Waals surface area contributed by atoms with Crippen molar-refractivity contribution in [1.82, 2.24) is 0 Å². The minimum Gasteiger partial charge on any atom is -0.487 e. The molecule has 0 aliphatic heterocycles. The monoisotopic (exact) mass is 236 g/mol. The smallest absolute Gasteiger partial charge is 0.203 e. The largest absolute Gasteiger partial charge is 0.487 e. The Bertz CT molecular complexity index is 370. The van der Waals surface area contributed by atoms with Crippen LogP contribution in [-0.2, 0) is 0 Å². The van der Waals surface area contributed by atoms with Crippen molar-refractivity contribution in [2.24, 2.45) is 5.41 Å². The Hall–Kier alpha value is -1.26. The molecule has 0 unspecified atom stereocenters. The summed E-state index contributed by atoms with van der Waals surface area (Å²) in [6.45, 7) is 5.24. The zero-order valence-corrected chi connectivity index (χ0v) is 9.20. The van der Waals surface area contributed by atoms with Gasteiger partial charge in [0, 0.05) is 6.07 Å². The minimum absolute atomic E-state index is 0.0519. The fourth-order valence-electron chi connectivity index (χ4n) is 0.967. The van der Waals surface area contributed by atoms with Crippen LogP contribution in [-0.4, -0.2) is 6.61 Å². The van der Waals surface area contributed by atoms with Crippen molar-refractivity contribution in [3.05, 3.63) is 29.3 Å². The summed E-state index contributed by atoms with van der Waals surface area (Å²) < 4.78 is 56.5. The number of ether oxygens (including phenoxy) is 1.